The second-order valence-corrected chi connectivity index (χ2v) is 6.27. The van der Waals surface area contributed by atoms with E-state index in [1.165, 1.54) is 6.92 Å². The van der Waals surface area contributed by atoms with Crippen LogP contribution in [0.15, 0.2) is 23.1 Å². The summed E-state index contributed by atoms with van der Waals surface area (Å²) in [5, 5.41) is 3.98. The zero-order valence-corrected chi connectivity index (χ0v) is 13.1. The fourth-order valence-corrected chi connectivity index (χ4v) is 2.62. The van der Waals surface area contributed by atoms with Gasteiger partial charge in [-0.15, -0.1) is 0 Å². The van der Waals surface area contributed by atoms with Crippen molar-refractivity contribution < 1.29 is 25.9 Å². The number of nitrogen functional groups attached to an aromatic ring is 1. The monoisotopic (exact) mass is 358 g/mol. The molecule has 0 amide bonds. The van der Waals surface area contributed by atoms with E-state index in [0.717, 1.165) is 22.9 Å². The van der Waals surface area contributed by atoms with Crippen molar-refractivity contribution >= 4 is 33.0 Å². The molecule has 10 nitrogen and oxygen atoms in total. The van der Waals surface area contributed by atoms with Gasteiger partial charge in [0, 0.05) is 0 Å². The first kappa shape index (κ1) is 16.9. The van der Waals surface area contributed by atoms with E-state index < -0.39 is 26.4 Å². The second kappa shape index (κ2) is 5.97. The molecular formula is C11H10N4O6S2. The molecule has 2 rings (SSSR count). The summed E-state index contributed by atoms with van der Waals surface area (Å²) in [6.45, 7) is 8.56. The van der Waals surface area contributed by atoms with Gasteiger partial charge < -0.3 is 9.92 Å². The molecule has 0 fully saturated rings. The molecule has 0 saturated heterocycles. The molecule has 12 heteroatoms. The van der Waals surface area contributed by atoms with Crippen molar-refractivity contribution in [3.8, 4) is 11.4 Å². The van der Waals surface area contributed by atoms with E-state index >= 15 is 0 Å². The minimum atomic E-state index is -4.54. The summed E-state index contributed by atoms with van der Waals surface area (Å²) in [6, 6.07) is 2.98. The quantitative estimate of drug-likeness (QED) is 0.417. The van der Waals surface area contributed by atoms with E-state index in [-0.39, 0.29) is 28.6 Å². The Morgan fingerprint density at radius 2 is 2.13 bits per heavy atom. The summed E-state index contributed by atoms with van der Waals surface area (Å²) in [5.41, 5.74) is 5.97. The number of aryl methyl sites for hydroxylation is 1. The predicted molar refractivity (Wildman–Crippen MR) is 80.2 cm³/mol. The highest BCUT2D eigenvalue weighted by molar-refractivity contribution is 7.85. The Balaban J connectivity index is 2.77. The zero-order valence-electron chi connectivity index (χ0n) is 11.5. The molecule has 0 saturated carbocycles. The second-order valence-electron chi connectivity index (χ2n) is 4.25. The average molecular weight is 358 g/mol. The number of nitrogens with zero attached hydrogens (tertiary/aromatic N) is 3. The molecule has 0 bridgehead atoms. The third kappa shape index (κ3) is 3.32. The number of rotatable bonds is 4. The van der Waals surface area contributed by atoms with E-state index in [0.29, 0.717) is 0 Å². The topological polar surface area (TPSA) is 149 Å². The maximum absolute atomic E-state index is 11.3. The van der Waals surface area contributed by atoms with E-state index in [1.54, 1.807) is 0 Å². The lowest BCUT2D eigenvalue weighted by Crippen LogP contribution is -2.08. The standard InChI is InChI=1S/C11H10N4O6S2/c1-6-10(13-2)11(12)15(14-6)8-5-7(23(18,19)20)3-4-9(8)21-22(16)17/h3-5H,12H2,1H3,(H,16,17)(H,18,19,20). The molecule has 0 aliphatic rings. The Morgan fingerprint density at radius 3 is 2.61 bits per heavy atom. The molecule has 0 radical (unpaired) electrons. The molecule has 23 heavy (non-hydrogen) atoms. The van der Waals surface area contributed by atoms with Gasteiger partial charge in [0.05, 0.1) is 17.2 Å². The van der Waals surface area contributed by atoms with Gasteiger partial charge in [0.25, 0.3) is 10.1 Å². The summed E-state index contributed by atoms with van der Waals surface area (Å²) in [4.78, 5) is 2.70. The summed E-state index contributed by atoms with van der Waals surface area (Å²) >= 11 is -2.69. The lowest BCUT2D eigenvalue weighted by atomic mass is 10.3. The Labute approximate surface area is 133 Å². The third-order valence-corrected chi connectivity index (χ3v) is 3.96. The van der Waals surface area contributed by atoms with Crippen molar-refractivity contribution in [1.82, 2.24) is 9.78 Å². The van der Waals surface area contributed by atoms with Crippen LogP contribution in [0.25, 0.3) is 10.5 Å². The van der Waals surface area contributed by atoms with Gasteiger partial charge >= 0.3 is 11.4 Å². The van der Waals surface area contributed by atoms with Crippen molar-refractivity contribution in [3.63, 3.8) is 0 Å². The highest BCUT2D eigenvalue weighted by Gasteiger charge is 2.21. The fourth-order valence-electron chi connectivity index (χ4n) is 1.83. The van der Waals surface area contributed by atoms with Gasteiger partial charge in [-0.3, -0.25) is 9.11 Å². The molecule has 1 aromatic carbocycles. The minimum Gasteiger partial charge on any atom is -0.392 e. The van der Waals surface area contributed by atoms with Crippen LogP contribution >= 0.6 is 0 Å². The molecule has 1 heterocycles. The summed E-state index contributed by atoms with van der Waals surface area (Å²) in [7, 11) is -4.54. The van der Waals surface area contributed by atoms with Crippen molar-refractivity contribution in [2.75, 3.05) is 5.73 Å². The Bertz CT molecular complexity index is 944. The highest BCUT2D eigenvalue weighted by atomic mass is 32.2. The lowest BCUT2D eigenvalue weighted by Gasteiger charge is -2.11. The van der Waals surface area contributed by atoms with E-state index in [4.69, 9.17) is 21.4 Å². The van der Waals surface area contributed by atoms with Gasteiger partial charge in [-0.2, -0.15) is 17.7 Å². The summed E-state index contributed by atoms with van der Waals surface area (Å²) in [6.07, 6.45) is 0. The first-order valence-electron chi connectivity index (χ1n) is 5.78. The van der Waals surface area contributed by atoms with Crippen molar-refractivity contribution in [1.29, 1.82) is 0 Å². The van der Waals surface area contributed by atoms with Crippen LogP contribution in [0, 0.1) is 13.5 Å². The van der Waals surface area contributed by atoms with Crippen LogP contribution in [-0.2, 0) is 21.5 Å². The van der Waals surface area contributed by atoms with Crippen LogP contribution in [0.3, 0.4) is 0 Å². The van der Waals surface area contributed by atoms with E-state index in [2.05, 4.69) is 14.1 Å². The van der Waals surface area contributed by atoms with Crippen LogP contribution in [0.4, 0.5) is 11.5 Å². The lowest BCUT2D eigenvalue weighted by molar-refractivity contribution is 0.456. The van der Waals surface area contributed by atoms with Crippen LogP contribution in [-0.4, -0.2) is 31.5 Å². The van der Waals surface area contributed by atoms with Gasteiger partial charge in [0.1, 0.15) is 11.5 Å². The Hall–Kier alpha value is -2.46. The first-order valence-corrected chi connectivity index (χ1v) is 8.26. The molecule has 1 atom stereocenters. The number of hydrogen-bond acceptors (Lipinski definition) is 6. The fraction of sp³-hybridized carbons (Fsp3) is 0.0909. The first-order chi connectivity index (χ1) is 10.6. The van der Waals surface area contributed by atoms with E-state index in [1.807, 2.05) is 0 Å². The molecule has 0 aliphatic carbocycles. The maximum Gasteiger partial charge on any atom is 0.357 e. The molecule has 0 aliphatic heterocycles. The number of nitrogens with two attached hydrogens (primary N) is 1. The molecule has 1 unspecified atom stereocenters. The molecule has 4 N–H and O–H groups in total. The molecule has 0 spiro atoms. The van der Waals surface area contributed by atoms with Crippen LogP contribution in [0.1, 0.15) is 5.69 Å². The molecule has 1 aromatic heterocycles. The third-order valence-electron chi connectivity index (χ3n) is 2.79. The van der Waals surface area contributed by atoms with Gasteiger partial charge in [-0.1, -0.05) is 0 Å². The number of hydrogen-bond donors (Lipinski definition) is 3. The van der Waals surface area contributed by atoms with Crippen LogP contribution in [0.2, 0.25) is 0 Å². The largest absolute Gasteiger partial charge is 0.392 e. The van der Waals surface area contributed by atoms with Crippen LogP contribution < -0.4 is 9.92 Å². The number of benzene rings is 1. The van der Waals surface area contributed by atoms with Crippen LogP contribution in [0.5, 0.6) is 5.75 Å². The highest BCUT2D eigenvalue weighted by Crippen LogP contribution is 2.33. The van der Waals surface area contributed by atoms with Gasteiger partial charge in [0.15, 0.2) is 5.75 Å². The summed E-state index contributed by atoms with van der Waals surface area (Å²) < 4.78 is 57.0. The average Bonchev–Trinajstić information content (AvgIpc) is 2.72. The SMILES string of the molecule is [C-]#[N+]c1c(C)nn(-c2cc(S(=O)(=O)O)ccc2OS(=O)O)c1N. The normalized spacial score (nSPS) is 12.6. The smallest absolute Gasteiger partial charge is 0.357 e. The van der Waals surface area contributed by atoms with Gasteiger partial charge in [-0.05, 0) is 25.1 Å². The predicted octanol–water partition coefficient (Wildman–Crippen LogP) is 1.08. The maximum atomic E-state index is 11.3. The van der Waals surface area contributed by atoms with Crippen molar-refractivity contribution in [2.24, 2.45) is 0 Å². The number of anilines is 1. The summed E-state index contributed by atoms with van der Waals surface area (Å²) in [5.74, 6) is -0.331. The Morgan fingerprint density at radius 1 is 1.48 bits per heavy atom. The van der Waals surface area contributed by atoms with E-state index in [9.17, 15) is 12.6 Å². The Kier molecular flexibility index (Phi) is 4.39. The van der Waals surface area contributed by atoms with Crippen molar-refractivity contribution in [2.45, 2.75) is 11.8 Å². The molecule has 2 aromatic rings. The minimum absolute atomic E-state index is 0.0401. The van der Waals surface area contributed by atoms with Gasteiger partial charge in [-0.25, -0.2) is 9.53 Å². The zero-order chi connectivity index (χ0) is 17.4. The van der Waals surface area contributed by atoms with Crippen molar-refractivity contribution in [3.05, 3.63) is 35.3 Å². The number of aromatic nitrogens is 2. The molecular weight excluding hydrogens is 348 g/mol. The van der Waals surface area contributed by atoms with Gasteiger partial charge in [0.2, 0.25) is 5.69 Å². The molecule has 122 valence electrons.